The van der Waals surface area contributed by atoms with Crippen LogP contribution < -0.4 is 0 Å². The molecule has 0 radical (unpaired) electrons. The van der Waals surface area contributed by atoms with E-state index in [2.05, 4.69) is 25.7 Å². The molecule has 0 amide bonds. The van der Waals surface area contributed by atoms with Crippen LogP contribution in [0, 0.1) is 5.41 Å². The van der Waals surface area contributed by atoms with Crippen LogP contribution in [0.3, 0.4) is 0 Å². The summed E-state index contributed by atoms with van der Waals surface area (Å²) in [4.78, 5) is 24.3. The standard InChI is InChI=1S/C26H27O4PS.C6H15N/c1-25(2,24(27)32-19-18-31(28)29)20-30-26(21-12-6-3-7-13-21,22-14-8-4-9-15-22)23-16-10-5-11-17-23;1-4-7(5-2)6-3/h3-17H,18-20H2,1-2H3;4-6H2,1-3H3/p+1. The largest absolute Gasteiger partial charge is 0.506 e. The van der Waals surface area contributed by atoms with E-state index < -0.39 is 19.0 Å². The van der Waals surface area contributed by atoms with E-state index in [4.69, 9.17) is 9.63 Å². The first kappa shape index (κ1) is 32.9. The van der Waals surface area contributed by atoms with Gasteiger partial charge in [0.05, 0.1) is 12.0 Å². The van der Waals surface area contributed by atoms with Crippen LogP contribution in [0.4, 0.5) is 0 Å². The molecule has 1 unspecified atom stereocenters. The summed E-state index contributed by atoms with van der Waals surface area (Å²) in [5.74, 6) is 0.315. The summed E-state index contributed by atoms with van der Waals surface area (Å²) < 4.78 is 17.7. The topological polar surface area (TPSA) is 66.8 Å². The molecular weight excluding hydrogens is 525 g/mol. The molecular formula is C32H43NO4PS+. The van der Waals surface area contributed by atoms with Crippen LogP contribution in [0.5, 0.6) is 0 Å². The summed E-state index contributed by atoms with van der Waals surface area (Å²) in [5.41, 5.74) is 1.26. The molecule has 1 N–H and O–H groups in total. The van der Waals surface area contributed by atoms with E-state index in [1.165, 1.54) is 19.6 Å². The Balaban J connectivity index is 0.000000673. The molecule has 0 saturated carbocycles. The van der Waals surface area contributed by atoms with Crippen molar-refractivity contribution in [3.63, 3.8) is 0 Å². The van der Waals surface area contributed by atoms with Crippen molar-refractivity contribution in [2.24, 2.45) is 5.41 Å². The Labute approximate surface area is 239 Å². The number of carbonyl (C=O) groups excluding carboxylic acids is 1. The third-order valence-corrected chi connectivity index (χ3v) is 8.73. The maximum atomic E-state index is 12.9. The van der Waals surface area contributed by atoms with Crippen LogP contribution in [0.15, 0.2) is 91.0 Å². The molecule has 0 aliphatic rings. The lowest BCUT2D eigenvalue weighted by atomic mass is 9.79. The minimum absolute atomic E-state index is 0.0579. The van der Waals surface area contributed by atoms with Crippen LogP contribution in [0.2, 0.25) is 0 Å². The molecule has 0 bridgehead atoms. The maximum Gasteiger partial charge on any atom is 0.506 e. The summed E-state index contributed by atoms with van der Waals surface area (Å²) in [7, 11) is -2.24. The highest BCUT2D eigenvalue weighted by Crippen LogP contribution is 2.42. The van der Waals surface area contributed by atoms with Crippen molar-refractivity contribution in [2.75, 3.05) is 38.2 Å². The van der Waals surface area contributed by atoms with Gasteiger partial charge in [-0.25, -0.2) is 0 Å². The van der Waals surface area contributed by atoms with Gasteiger partial charge >= 0.3 is 8.03 Å². The number of ether oxygens (including phenoxy) is 1. The van der Waals surface area contributed by atoms with Crippen molar-refractivity contribution in [2.45, 2.75) is 40.2 Å². The zero-order valence-electron chi connectivity index (χ0n) is 23.9. The summed E-state index contributed by atoms with van der Waals surface area (Å²) in [5, 5.41) is -0.0579. The number of rotatable bonds is 13. The SMILES string of the molecule is CC(C)(COC(c1ccccc1)(c1ccccc1)c1ccccc1)C(=O)SCC[P+](=O)O.CCN(CC)CC. The summed E-state index contributed by atoms with van der Waals surface area (Å²) in [6.07, 6.45) is 0.102. The Morgan fingerprint density at radius 3 is 1.49 bits per heavy atom. The molecule has 210 valence electrons. The van der Waals surface area contributed by atoms with Crippen molar-refractivity contribution in [3.05, 3.63) is 108 Å². The van der Waals surface area contributed by atoms with Crippen LogP contribution in [0.1, 0.15) is 51.3 Å². The lowest BCUT2D eigenvalue weighted by Crippen LogP contribution is -2.38. The smallest absolute Gasteiger partial charge is 0.360 e. The molecule has 3 aromatic rings. The van der Waals surface area contributed by atoms with Crippen molar-refractivity contribution < 1.29 is 19.0 Å². The highest BCUT2D eigenvalue weighted by molar-refractivity contribution is 8.13. The van der Waals surface area contributed by atoms with E-state index in [0.717, 1.165) is 28.5 Å². The van der Waals surface area contributed by atoms with E-state index >= 15 is 0 Å². The molecule has 5 nitrogen and oxygen atoms in total. The average molecular weight is 569 g/mol. The van der Waals surface area contributed by atoms with Crippen molar-refractivity contribution in [1.82, 2.24) is 4.90 Å². The van der Waals surface area contributed by atoms with E-state index in [0.29, 0.717) is 5.75 Å². The lowest BCUT2D eigenvalue weighted by Gasteiger charge is -2.38. The lowest BCUT2D eigenvalue weighted by molar-refractivity contribution is -0.124. The minimum atomic E-state index is -2.24. The van der Waals surface area contributed by atoms with Gasteiger partial charge in [0.25, 0.3) is 0 Å². The number of thioether (sulfide) groups is 1. The van der Waals surface area contributed by atoms with Gasteiger partial charge in [-0.05, 0) is 54.7 Å². The quantitative estimate of drug-likeness (QED) is 0.172. The van der Waals surface area contributed by atoms with Gasteiger partial charge in [0.1, 0.15) is 5.60 Å². The predicted octanol–water partition coefficient (Wildman–Crippen LogP) is 7.36. The molecule has 0 spiro atoms. The van der Waals surface area contributed by atoms with Crippen molar-refractivity contribution in [1.29, 1.82) is 0 Å². The van der Waals surface area contributed by atoms with Crippen LogP contribution in [-0.4, -0.2) is 53.1 Å². The Morgan fingerprint density at radius 1 is 0.795 bits per heavy atom. The Bertz CT molecular complexity index is 1020. The average Bonchev–Trinajstić information content (AvgIpc) is 2.96. The van der Waals surface area contributed by atoms with E-state index in [9.17, 15) is 9.36 Å². The van der Waals surface area contributed by atoms with Crippen LogP contribution in [0.25, 0.3) is 0 Å². The Kier molecular flexibility index (Phi) is 14.1. The first-order valence-corrected chi connectivity index (χ1v) is 15.9. The molecule has 0 aliphatic carbocycles. The number of hydrogen-bond donors (Lipinski definition) is 1. The Hall–Kier alpha value is -2.34. The molecule has 1 atom stereocenters. The van der Waals surface area contributed by atoms with Gasteiger partial charge in [0.15, 0.2) is 11.3 Å². The minimum Gasteiger partial charge on any atom is -0.360 e. The predicted molar refractivity (Wildman–Crippen MR) is 165 cm³/mol. The van der Waals surface area contributed by atoms with E-state index in [1.54, 1.807) is 0 Å². The first-order chi connectivity index (χ1) is 18.7. The van der Waals surface area contributed by atoms with Gasteiger partial charge in [-0.1, -0.05) is 124 Å². The second kappa shape index (κ2) is 16.7. The summed E-state index contributed by atoms with van der Waals surface area (Å²) >= 11 is 1.09. The highest BCUT2D eigenvalue weighted by atomic mass is 32.2. The molecule has 0 saturated heterocycles. The number of hydrogen-bond acceptors (Lipinski definition) is 5. The molecule has 0 aromatic heterocycles. The fraction of sp³-hybridized carbons (Fsp3) is 0.406. The third kappa shape index (κ3) is 9.66. The molecule has 3 rings (SSSR count). The fourth-order valence-electron chi connectivity index (χ4n) is 4.20. The van der Waals surface area contributed by atoms with Gasteiger partial charge in [0.2, 0.25) is 0 Å². The third-order valence-electron chi connectivity index (χ3n) is 6.60. The second-order valence-electron chi connectivity index (χ2n) is 9.78. The zero-order valence-corrected chi connectivity index (χ0v) is 25.6. The van der Waals surface area contributed by atoms with Gasteiger partial charge < -0.3 is 9.64 Å². The monoisotopic (exact) mass is 568 g/mol. The molecule has 39 heavy (non-hydrogen) atoms. The van der Waals surface area contributed by atoms with Crippen molar-refractivity contribution >= 4 is 24.9 Å². The van der Waals surface area contributed by atoms with Gasteiger partial charge in [-0.3, -0.25) is 4.79 Å². The molecule has 0 heterocycles. The zero-order chi connectivity index (χ0) is 28.7. The van der Waals surface area contributed by atoms with Gasteiger partial charge in [0, 0.05) is 5.75 Å². The summed E-state index contributed by atoms with van der Waals surface area (Å²) in [6.45, 7) is 14.0. The van der Waals surface area contributed by atoms with Gasteiger partial charge in [-0.2, -0.15) is 4.89 Å². The molecule has 7 heteroatoms. The maximum absolute atomic E-state index is 12.9. The van der Waals surface area contributed by atoms with E-state index in [-0.39, 0.29) is 17.9 Å². The molecule has 0 fully saturated rings. The molecule has 3 aromatic carbocycles. The van der Waals surface area contributed by atoms with Crippen LogP contribution >= 0.6 is 19.8 Å². The molecule has 0 aliphatic heterocycles. The fourth-order valence-corrected chi connectivity index (χ4v) is 5.82. The number of nitrogens with zero attached hydrogens (tertiary/aromatic N) is 1. The highest BCUT2D eigenvalue weighted by Gasteiger charge is 2.40. The van der Waals surface area contributed by atoms with Crippen molar-refractivity contribution in [3.8, 4) is 0 Å². The van der Waals surface area contributed by atoms with Gasteiger partial charge in [-0.15, -0.1) is 0 Å². The first-order valence-electron chi connectivity index (χ1n) is 13.5. The van der Waals surface area contributed by atoms with E-state index in [1.807, 2.05) is 105 Å². The summed E-state index contributed by atoms with van der Waals surface area (Å²) in [6, 6.07) is 30.1. The normalized spacial score (nSPS) is 12.0. The second-order valence-corrected chi connectivity index (χ2v) is 12.0. The Morgan fingerprint density at radius 2 is 1.18 bits per heavy atom. The number of benzene rings is 3. The van der Waals surface area contributed by atoms with Crippen LogP contribution in [-0.2, 0) is 19.7 Å². The number of carbonyl (C=O) groups is 1.